The van der Waals surface area contributed by atoms with Crippen molar-refractivity contribution >= 4 is 39.9 Å². The molecule has 2 rings (SSSR count). The van der Waals surface area contributed by atoms with E-state index in [0.717, 1.165) is 6.67 Å². The van der Waals surface area contributed by atoms with Crippen LogP contribution in [0.5, 0.6) is 0 Å². The molecule has 0 saturated carbocycles. The number of rotatable bonds is 0. The predicted molar refractivity (Wildman–Crippen MR) is 53.6 cm³/mol. The van der Waals surface area contributed by atoms with Gasteiger partial charge in [0.25, 0.3) is 0 Å². The first-order valence-corrected chi connectivity index (χ1v) is 3.85. The molecular weight excluding hydrogens is 227 g/mol. The van der Waals surface area contributed by atoms with E-state index >= 15 is 0 Å². The molecule has 1 N–H and O–H groups in total. The number of hydrogen-bond acceptors (Lipinski definition) is 2. The van der Waals surface area contributed by atoms with Crippen molar-refractivity contribution < 1.29 is 0 Å². The minimum absolute atomic E-state index is 0. The van der Waals surface area contributed by atoms with Crippen molar-refractivity contribution in [1.82, 2.24) is 0 Å². The summed E-state index contributed by atoms with van der Waals surface area (Å²) in [4.78, 5) is 0. The van der Waals surface area contributed by atoms with Crippen LogP contribution in [0.15, 0.2) is 24.3 Å². The number of nitrogens with one attached hydrogen (secondary N) is 1. The van der Waals surface area contributed by atoms with Gasteiger partial charge in [0, 0.05) is 0 Å². The van der Waals surface area contributed by atoms with E-state index in [-0.39, 0.29) is 12.4 Å². The van der Waals surface area contributed by atoms with Gasteiger partial charge in [-0.1, -0.05) is 12.1 Å². The van der Waals surface area contributed by atoms with Crippen LogP contribution < -0.4 is 9.24 Å². The lowest BCUT2D eigenvalue weighted by Gasteiger charge is -2.04. The van der Waals surface area contributed by atoms with E-state index in [0.29, 0.717) is 0 Å². The van der Waals surface area contributed by atoms with Crippen LogP contribution in [0.4, 0.5) is 11.4 Å². The standard InChI is InChI=1S/C7H7BrN2.ClH/c8-10-5-9-6-3-1-2-4-7(6)10;/h1-4,9H,5H2;1H. The van der Waals surface area contributed by atoms with Crippen molar-refractivity contribution in [2.24, 2.45) is 0 Å². The third kappa shape index (κ3) is 1.44. The predicted octanol–water partition coefficient (Wildman–Crippen LogP) is 2.61. The fourth-order valence-electron chi connectivity index (χ4n) is 1.07. The average molecular weight is 236 g/mol. The van der Waals surface area contributed by atoms with Crippen LogP contribution in [0.1, 0.15) is 0 Å². The van der Waals surface area contributed by atoms with Crippen molar-refractivity contribution in [1.29, 1.82) is 0 Å². The van der Waals surface area contributed by atoms with Crippen LogP contribution in [0, 0.1) is 0 Å². The number of hydrogen-bond donors (Lipinski definition) is 1. The quantitative estimate of drug-likeness (QED) is 0.696. The monoisotopic (exact) mass is 234 g/mol. The van der Waals surface area contributed by atoms with E-state index in [9.17, 15) is 0 Å². The third-order valence-corrected chi connectivity index (χ3v) is 2.21. The summed E-state index contributed by atoms with van der Waals surface area (Å²) in [6.07, 6.45) is 0. The Labute approximate surface area is 80.3 Å². The van der Waals surface area contributed by atoms with E-state index in [1.807, 2.05) is 16.1 Å². The second-order valence-corrected chi connectivity index (χ2v) is 3.07. The highest BCUT2D eigenvalue weighted by Gasteiger charge is 2.13. The van der Waals surface area contributed by atoms with Gasteiger partial charge in [-0.25, -0.2) is 0 Å². The zero-order chi connectivity index (χ0) is 6.97. The molecule has 0 saturated heterocycles. The molecule has 11 heavy (non-hydrogen) atoms. The molecule has 0 atom stereocenters. The van der Waals surface area contributed by atoms with E-state index in [1.54, 1.807) is 0 Å². The Hall–Kier alpha value is -0.410. The van der Waals surface area contributed by atoms with Gasteiger partial charge in [-0.05, 0) is 12.1 Å². The van der Waals surface area contributed by atoms with Gasteiger partial charge in [0.15, 0.2) is 0 Å². The van der Waals surface area contributed by atoms with Crippen LogP contribution in [0.2, 0.25) is 0 Å². The highest BCUT2D eigenvalue weighted by atomic mass is 79.9. The molecule has 1 aliphatic heterocycles. The number of anilines is 2. The van der Waals surface area contributed by atoms with E-state index in [2.05, 4.69) is 33.6 Å². The minimum Gasteiger partial charge on any atom is -0.365 e. The molecule has 0 fully saturated rings. The minimum atomic E-state index is 0. The van der Waals surface area contributed by atoms with Gasteiger partial charge in [0.1, 0.15) is 0 Å². The van der Waals surface area contributed by atoms with Gasteiger partial charge >= 0.3 is 0 Å². The molecule has 4 heteroatoms. The lowest BCUT2D eigenvalue weighted by molar-refractivity contribution is 1.22. The van der Waals surface area contributed by atoms with Crippen LogP contribution in [-0.4, -0.2) is 6.67 Å². The lowest BCUT2D eigenvalue weighted by Crippen LogP contribution is -2.08. The maximum atomic E-state index is 3.41. The van der Waals surface area contributed by atoms with Gasteiger partial charge in [-0.15, -0.1) is 12.4 Å². The number of halogens is 2. The van der Waals surface area contributed by atoms with Crippen molar-refractivity contribution in [3.05, 3.63) is 24.3 Å². The molecule has 0 bridgehead atoms. The Morgan fingerprint density at radius 2 is 2.09 bits per heavy atom. The molecule has 1 aromatic rings. The Kier molecular flexibility index (Phi) is 2.62. The first-order valence-electron chi connectivity index (χ1n) is 3.14. The Morgan fingerprint density at radius 1 is 1.36 bits per heavy atom. The smallest absolute Gasteiger partial charge is 0.0987 e. The van der Waals surface area contributed by atoms with Gasteiger partial charge < -0.3 is 5.32 Å². The zero-order valence-electron chi connectivity index (χ0n) is 5.75. The molecule has 0 aliphatic carbocycles. The van der Waals surface area contributed by atoms with Gasteiger partial charge in [0.05, 0.1) is 34.2 Å². The van der Waals surface area contributed by atoms with Crippen LogP contribution in [0.3, 0.4) is 0 Å². The van der Waals surface area contributed by atoms with Gasteiger partial charge in [0.2, 0.25) is 0 Å². The molecule has 0 aromatic heterocycles. The Morgan fingerprint density at radius 3 is 2.82 bits per heavy atom. The molecule has 0 amide bonds. The first kappa shape index (κ1) is 8.68. The maximum Gasteiger partial charge on any atom is 0.0987 e. The van der Waals surface area contributed by atoms with Crippen LogP contribution >= 0.6 is 28.6 Å². The molecule has 1 aliphatic rings. The summed E-state index contributed by atoms with van der Waals surface area (Å²) in [5, 5.41) is 3.23. The molecule has 0 unspecified atom stereocenters. The summed E-state index contributed by atoms with van der Waals surface area (Å²) < 4.78 is 2.00. The van der Waals surface area contributed by atoms with Crippen LogP contribution in [-0.2, 0) is 0 Å². The molecular formula is C7H8BrClN2. The fourth-order valence-corrected chi connectivity index (χ4v) is 1.51. The topological polar surface area (TPSA) is 15.3 Å². The summed E-state index contributed by atoms with van der Waals surface area (Å²) in [6, 6.07) is 8.19. The summed E-state index contributed by atoms with van der Waals surface area (Å²) in [5.41, 5.74) is 2.40. The number of benzene rings is 1. The highest BCUT2D eigenvalue weighted by molar-refractivity contribution is 9.10. The Balaban J connectivity index is 0.000000605. The average Bonchev–Trinajstić information content (AvgIpc) is 2.34. The molecule has 1 aromatic carbocycles. The summed E-state index contributed by atoms with van der Waals surface area (Å²) in [6.45, 7) is 0.847. The summed E-state index contributed by atoms with van der Waals surface area (Å²) in [5.74, 6) is 0. The van der Waals surface area contributed by atoms with Gasteiger partial charge in [-0.2, -0.15) is 0 Å². The molecule has 60 valence electrons. The summed E-state index contributed by atoms with van der Waals surface area (Å²) >= 11 is 3.41. The van der Waals surface area contributed by atoms with E-state index in [4.69, 9.17) is 0 Å². The lowest BCUT2D eigenvalue weighted by atomic mass is 10.3. The molecule has 2 nitrogen and oxygen atoms in total. The van der Waals surface area contributed by atoms with E-state index in [1.165, 1.54) is 11.4 Å². The van der Waals surface area contributed by atoms with Crippen molar-refractivity contribution in [2.75, 3.05) is 15.9 Å². The SMILES string of the molecule is BrN1CNc2ccccc21.Cl. The third-order valence-electron chi connectivity index (χ3n) is 1.57. The Bertz CT molecular complexity index is 254. The number of nitrogens with zero attached hydrogens (tertiary/aromatic N) is 1. The second-order valence-electron chi connectivity index (χ2n) is 2.21. The second kappa shape index (κ2) is 3.32. The normalized spacial score (nSPS) is 13.4. The first-order chi connectivity index (χ1) is 4.88. The maximum absolute atomic E-state index is 3.41. The number of para-hydroxylation sites is 2. The zero-order valence-corrected chi connectivity index (χ0v) is 8.15. The largest absolute Gasteiger partial charge is 0.365 e. The highest BCUT2D eigenvalue weighted by Crippen LogP contribution is 2.32. The van der Waals surface area contributed by atoms with Crippen molar-refractivity contribution in [2.45, 2.75) is 0 Å². The van der Waals surface area contributed by atoms with E-state index < -0.39 is 0 Å². The van der Waals surface area contributed by atoms with Crippen molar-refractivity contribution in [3.8, 4) is 0 Å². The number of fused-ring (bicyclic) bond motifs is 1. The van der Waals surface area contributed by atoms with Crippen LogP contribution in [0.25, 0.3) is 0 Å². The molecule has 0 radical (unpaired) electrons. The van der Waals surface area contributed by atoms with Crippen molar-refractivity contribution in [3.63, 3.8) is 0 Å². The summed E-state index contributed by atoms with van der Waals surface area (Å²) in [7, 11) is 0. The fraction of sp³-hybridized carbons (Fsp3) is 0.143. The molecule has 0 spiro atoms. The molecule has 1 heterocycles. The van der Waals surface area contributed by atoms with Gasteiger partial charge in [-0.3, -0.25) is 3.93 Å².